The van der Waals surface area contributed by atoms with Crippen LogP contribution < -0.4 is 10.1 Å². The second-order valence-electron chi connectivity index (χ2n) is 11.2. The van der Waals surface area contributed by atoms with Gasteiger partial charge >= 0.3 is 6.18 Å². The van der Waals surface area contributed by atoms with Gasteiger partial charge in [0.1, 0.15) is 12.4 Å². The number of hydrogen-bond donors (Lipinski definition) is 1. The van der Waals surface area contributed by atoms with Gasteiger partial charge in [-0.1, -0.05) is 13.0 Å². The van der Waals surface area contributed by atoms with Crippen LogP contribution >= 0.6 is 0 Å². The lowest BCUT2D eigenvalue weighted by atomic mass is 9.87. The fourth-order valence-electron chi connectivity index (χ4n) is 5.81. The molecule has 2 fully saturated rings. The van der Waals surface area contributed by atoms with Gasteiger partial charge in [0.2, 0.25) is 0 Å². The number of halogens is 3. The lowest BCUT2D eigenvalue weighted by Crippen LogP contribution is -2.49. The Morgan fingerprint density at radius 3 is 2.23 bits per heavy atom. The Morgan fingerprint density at radius 1 is 0.974 bits per heavy atom. The van der Waals surface area contributed by atoms with Crippen LogP contribution in [0.4, 0.5) is 13.2 Å². The predicted molar refractivity (Wildman–Crippen MR) is 148 cm³/mol. The fraction of sp³-hybridized carbons (Fsp3) is 0.581. The number of nitrogens with one attached hydrogen (secondary N) is 1. The molecule has 1 saturated carbocycles. The highest BCUT2D eigenvalue weighted by molar-refractivity contribution is 5.94. The molecule has 0 bridgehead atoms. The zero-order valence-electron chi connectivity index (χ0n) is 23.6. The average Bonchev–Trinajstić information content (AvgIpc) is 2.93. The summed E-state index contributed by atoms with van der Waals surface area (Å²) in [7, 11) is 0. The normalized spacial score (nSPS) is 21.6. The smallest absolute Gasteiger partial charge is 0.416 e. The Bertz CT molecular complexity index is 1100. The van der Waals surface area contributed by atoms with Gasteiger partial charge < -0.3 is 15.0 Å². The molecule has 2 aliphatic rings. The molecule has 2 aromatic rings. The summed E-state index contributed by atoms with van der Waals surface area (Å²) in [4.78, 5) is 16.9. The van der Waals surface area contributed by atoms with Gasteiger partial charge in [0, 0.05) is 50.4 Å². The topological polar surface area (TPSA) is 44.8 Å². The number of carbonyl (C=O) groups is 1. The molecule has 214 valence electrons. The van der Waals surface area contributed by atoms with Crippen molar-refractivity contribution >= 4 is 5.91 Å². The summed E-state index contributed by atoms with van der Waals surface area (Å²) >= 11 is 0. The molecule has 1 unspecified atom stereocenters. The highest BCUT2D eigenvalue weighted by atomic mass is 19.4. The van der Waals surface area contributed by atoms with E-state index in [9.17, 15) is 18.0 Å². The Labute approximate surface area is 230 Å². The summed E-state index contributed by atoms with van der Waals surface area (Å²) in [6, 6.07) is 9.48. The van der Waals surface area contributed by atoms with E-state index in [1.54, 1.807) is 4.90 Å². The van der Waals surface area contributed by atoms with Gasteiger partial charge in [-0.25, -0.2) is 0 Å². The van der Waals surface area contributed by atoms with Crippen molar-refractivity contribution in [2.75, 3.05) is 39.3 Å². The van der Waals surface area contributed by atoms with Crippen LogP contribution in [-0.4, -0.2) is 61.1 Å². The molecule has 1 aliphatic carbocycles. The van der Waals surface area contributed by atoms with Crippen molar-refractivity contribution in [2.24, 2.45) is 5.92 Å². The summed E-state index contributed by atoms with van der Waals surface area (Å²) in [5, 5.41) is 3.64. The van der Waals surface area contributed by atoms with Gasteiger partial charge in [-0.15, -0.1) is 0 Å². The first-order chi connectivity index (χ1) is 18.5. The van der Waals surface area contributed by atoms with Crippen LogP contribution in [0, 0.1) is 19.8 Å². The zero-order valence-corrected chi connectivity index (χ0v) is 23.6. The number of ether oxygens (including phenoxy) is 1. The average molecular weight is 546 g/mol. The fourth-order valence-corrected chi connectivity index (χ4v) is 5.81. The van der Waals surface area contributed by atoms with Gasteiger partial charge in [0.05, 0.1) is 5.56 Å². The van der Waals surface area contributed by atoms with Crippen molar-refractivity contribution in [1.82, 2.24) is 15.1 Å². The molecule has 1 amide bonds. The highest BCUT2D eigenvalue weighted by Crippen LogP contribution is 2.32. The van der Waals surface area contributed by atoms with Gasteiger partial charge in [0.15, 0.2) is 0 Å². The summed E-state index contributed by atoms with van der Waals surface area (Å²) in [6.45, 7) is 12.8. The number of nitrogens with zero attached hydrogens (tertiary/aromatic N) is 2. The van der Waals surface area contributed by atoms with E-state index < -0.39 is 11.7 Å². The highest BCUT2D eigenvalue weighted by Gasteiger charge is 2.31. The molecular weight excluding hydrogens is 503 g/mol. The third-order valence-corrected chi connectivity index (χ3v) is 8.65. The molecule has 0 radical (unpaired) electrons. The maximum absolute atomic E-state index is 12.9. The predicted octanol–water partition coefficient (Wildman–Crippen LogP) is 6.39. The van der Waals surface area contributed by atoms with Crippen LogP contribution in [0.1, 0.15) is 78.2 Å². The number of alkyl halides is 3. The Balaban J connectivity index is 1.27. The first-order valence-corrected chi connectivity index (χ1v) is 14.2. The lowest BCUT2D eigenvalue weighted by molar-refractivity contribution is -0.137. The van der Waals surface area contributed by atoms with E-state index in [2.05, 4.69) is 50.0 Å². The molecule has 1 N–H and O–H groups in total. The molecule has 1 atom stereocenters. The van der Waals surface area contributed by atoms with Gasteiger partial charge in [-0.2, -0.15) is 13.2 Å². The molecule has 0 spiro atoms. The minimum absolute atomic E-state index is 0.177. The van der Waals surface area contributed by atoms with E-state index >= 15 is 0 Å². The monoisotopic (exact) mass is 545 g/mol. The molecular formula is C31H42F3N3O2. The molecule has 5 nitrogen and oxygen atoms in total. The summed E-state index contributed by atoms with van der Waals surface area (Å²) in [5.74, 6) is 1.55. The number of carbonyl (C=O) groups excluding carboxylic acids is 1. The SMILES string of the molecule is Cc1c(OCCNC2CCC(C)CC2)ccc(C(C)N2CCN(C(=O)c3ccc(C(F)(F)F)cc3)CC2)c1C. The van der Waals surface area contributed by atoms with E-state index in [1.807, 2.05) is 0 Å². The molecule has 1 aliphatic heterocycles. The van der Waals surface area contributed by atoms with Gasteiger partial charge in [-0.05, 0) is 99.4 Å². The van der Waals surface area contributed by atoms with E-state index in [-0.39, 0.29) is 17.5 Å². The largest absolute Gasteiger partial charge is 0.492 e. The minimum atomic E-state index is -4.41. The van der Waals surface area contributed by atoms with Gasteiger partial charge in [-0.3, -0.25) is 9.69 Å². The minimum Gasteiger partial charge on any atom is -0.492 e. The van der Waals surface area contributed by atoms with Crippen molar-refractivity contribution in [2.45, 2.75) is 71.6 Å². The van der Waals surface area contributed by atoms with Crippen LogP contribution in [0.3, 0.4) is 0 Å². The Morgan fingerprint density at radius 2 is 1.62 bits per heavy atom. The molecule has 4 rings (SSSR count). The molecule has 2 aromatic carbocycles. The van der Waals surface area contributed by atoms with Crippen LogP contribution in [0.2, 0.25) is 0 Å². The summed E-state index contributed by atoms with van der Waals surface area (Å²) in [6.07, 6.45) is 0.712. The maximum atomic E-state index is 12.9. The number of rotatable bonds is 8. The van der Waals surface area contributed by atoms with E-state index in [4.69, 9.17) is 4.74 Å². The number of hydrogen-bond acceptors (Lipinski definition) is 4. The first kappa shape index (κ1) is 29.4. The van der Waals surface area contributed by atoms with Crippen molar-refractivity contribution < 1.29 is 22.7 Å². The number of amides is 1. The van der Waals surface area contributed by atoms with Crippen molar-refractivity contribution in [3.05, 3.63) is 64.2 Å². The Kier molecular flexibility index (Phi) is 9.60. The van der Waals surface area contributed by atoms with E-state index in [0.717, 1.165) is 35.9 Å². The summed E-state index contributed by atoms with van der Waals surface area (Å²) in [5.41, 5.74) is 3.16. The van der Waals surface area contributed by atoms with Crippen LogP contribution in [0.5, 0.6) is 5.75 Å². The lowest BCUT2D eigenvalue weighted by Gasteiger charge is -2.39. The quantitative estimate of drug-likeness (QED) is 0.391. The van der Waals surface area contributed by atoms with Crippen LogP contribution in [0.15, 0.2) is 36.4 Å². The third kappa shape index (κ3) is 7.34. The summed E-state index contributed by atoms with van der Waals surface area (Å²) < 4.78 is 44.7. The van der Waals surface area contributed by atoms with Crippen molar-refractivity contribution in [3.63, 3.8) is 0 Å². The molecule has 8 heteroatoms. The Hall–Kier alpha value is -2.58. The second kappa shape index (κ2) is 12.7. The molecule has 0 aromatic heterocycles. The van der Waals surface area contributed by atoms with Crippen LogP contribution in [-0.2, 0) is 6.18 Å². The number of piperazine rings is 1. The third-order valence-electron chi connectivity index (χ3n) is 8.65. The number of benzene rings is 2. The van der Waals surface area contributed by atoms with Crippen molar-refractivity contribution in [3.8, 4) is 5.75 Å². The van der Waals surface area contributed by atoms with Gasteiger partial charge in [0.25, 0.3) is 5.91 Å². The molecule has 39 heavy (non-hydrogen) atoms. The standard InChI is InChI=1S/C31H42F3N3O2/c1-21-5-11-27(12-6-21)35-15-20-39-29-14-13-28(22(2)23(29)3)24(4)36-16-18-37(19-17-36)30(38)25-7-9-26(10-8-25)31(32,33)34/h7-10,13-14,21,24,27,35H,5-6,11-12,15-20H2,1-4H3. The molecule has 1 saturated heterocycles. The first-order valence-electron chi connectivity index (χ1n) is 14.2. The van der Waals surface area contributed by atoms with E-state index in [1.165, 1.54) is 48.9 Å². The van der Waals surface area contributed by atoms with Crippen molar-refractivity contribution in [1.29, 1.82) is 0 Å². The maximum Gasteiger partial charge on any atom is 0.416 e. The molecule has 1 heterocycles. The second-order valence-corrected chi connectivity index (χ2v) is 11.2. The van der Waals surface area contributed by atoms with E-state index in [0.29, 0.717) is 38.8 Å². The zero-order chi connectivity index (χ0) is 28.2. The van der Waals surface area contributed by atoms with Crippen LogP contribution in [0.25, 0.3) is 0 Å².